The van der Waals surface area contributed by atoms with Gasteiger partial charge in [-0.25, -0.2) is 4.99 Å². The number of halogens is 1. The van der Waals surface area contributed by atoms with E-state index in [4.69, 9.17) is 25.9 Å². The van der Waals surface area contributed by atoms with E-state index in [0.717, 1.165) is 21.6 Å². The SMILES string of the molecule is CNC1=Nc2ccc(Cl)cc2C(c2ccccc2)=[N+]([O-])C1.[O]=[Mo](=[O])([OH])[OH]. The fraction of sp³-hybridized carbons (Fsp3) is 0.125. The van der Waals surface area contributed by atoms with E-state index in [2.05, 4.69) is 10.3 Å². The summed E-state index contributed by atoms with van der Waals surface area (Å²) in [5, 5.41) is 16.1. The van der Waals surface area contributed by atoms with E-state index < -0.39 is 16.7 Å². The summed E-state index contributed by atoms with van der Waals surface area (Å²) in [5.74, 6) is 0.625. The van der Waals surface area contributed by atoms with Gasteiger partial charge in [0.2, 0.25) is 12.3 Å². The molecule has 2 aromatic rings. The van der Waals surface area contributed by atoms with Crippen molar-refractivity contribution in [1.29, 1.82) is 0 Å². The van der Waals surface area contributed by atoms with Crippen LogP contribution in [0.15, 0.2) is 53.5 Å². The second-order valence-corrected chi connectivity index (χ2v) is 7.81. The maximum atomic E-state index is 12.6. The van der Waals surface area contributed by atoms with Crippen molar-refractivity contribution in [1.82, 2.24) is 5.32 Å². The average molecular weight is 462 g/mol. The Balaban J connectivity index is 0.000000431. The molecular weight excluding hydrogens is 446 g/mol. The third kappa shape index (κ3) is 5.71. The minimum absolute atomic E-state index is 0.174. The number of likely N-dealkylation sites (N-methyl/N-ethyl adjacent to an activating group) is 1. The second kappa shape index (κ2) is 8.51. The van der Waals surface area contributed by atoms with E-state index in [1.807, 2.05) is 36.4 Å². The van der Waals surface area contributed by atoms with Crippen molar-refractivity contribution in [3.63, 3.8) is 0 Å². The number of hydroxylamine groups is 1. The third-order valence-electron chi connectivity index (χ3n) is 3.35. The van der Waals surface area contributed by atoms with Gasteiger partial charge in [0.05, 0.1) is 11.3 Å². The van der Waals surface area contributed by atoms with Crippen LogP contribution in [0.1, 0.15) is 11.1 Å². The van der Waals surface area contributed by atoms with Crippen molar-refractivity contribution in [2.24, 2.45) is 4.99 Å². The Morgan fingerprint density at radius 1 is 1.19 bits per heavy atom. The van der Waals surface area contributed by atoms with Gasteiger partial charge in [0.1, 0.15) is 0 Å². The molecule has 138 valence electrons. The predicted molar refractivity (Wildman–Crippen MR) is 91.6 cm³/mol. The molecule has 0 spiro atoms. The van der Waals surface area contributed by atoms with Crippen LogP contribution in [0, 0.1) is 5.21 Å². The van der Waals surface area contributed by atoms with Gasteiger partial charge in [0, 0.05) is 17.6 Å². The fourth-order valence-electron chi connectivity index (χ4n) is 2.36. The quantitative estimate of drug-likeness (QED) is 0.336. The zero-order valence-corrected chi connectivity index (χ0v) is 16.4. The Kier molecular flexibility index (Phi) is 6.61. The summed E-state index contributed by atoms with van der Waals surface area (Å²) >= 11 is 0.583. The van der Waals surface area contributed by atoms with Crippen LogP contribution < -0.4 is 5.32 Å². The molecule has 0 saturated carbocycles. The van der Waals surface area contributed by atoms with E-state index in [-0.39, 0.29) is 6.54 Å². The van der Waals surface area contributed by atoms with Gasteiger partial charge < -0.3 is 10.5 Å². The second-order valence-electron chi connectivity index (χ2n) is 5.17. The van der Waals surface area contributed by atoms with Crippen LogP contribution in [0.4, 0.5) is 5.69 Å². The van der Waals surface area contributed by atoms with Gasteiger partial charge in [0.25, 0.3) is 0 Å². The van der Waals surface area contributed by atoms with Crippen LogP contribution in [0.5, 0.6) is 0 Å². The normalized spacial score (nSPS) is 13.8. The molecule has 8 nitrogen and oxygen atoms in total. The zero-order chi connectivity index (χ0) is 19.3. The van der Waals surface area contributed by atoms with Crippen LogP contribution >= 0.6 is 11.6 Å². The van der Waals surface area contributed by atoms with E-state index >= 15 is 0 Å². The molecule has 0 aromatic heterocycles. The van der Waals surface area contributed by atoms with Crippen molar-refractivity contribution < 1.29 is 35.8 Å². The number of hydrogen-bond acceptors (Lipinski definition) is 5. The molecule has 0 amide bonds. The van der Waals surface area contributed by atoms with E-state index in [1.54, 1.807) is 19.2 Å². The van der Waals surface area contributed by atoms with Gasteiger partial charge in [-0.2, -0.15) is 4.74 Å². The van der Waals surface area contributed by atoms with Crippen LogP contribution in [-0.4, -0.2) is 37.4 Å². The molecule has 1 aliphatic rings. The molecule has 3 rings (SSSR count). The fourth-order valence-corrected chi connectivity index (χ4v) is 2.53. The number of rotatable bonds is 1. The first kappa shape index (κ1) is 20.2. The van der Waals surface area contributed by atoms with Crippen molar-refractivity contribution in [2.45, 2.75) is 0 Å². The molecule has 0 saturated heterocycles. The van der Waals surface area contributed by atoms with Gasteiger partial charge >= 0.3 is 31.1 Å². The Hall–Kier alpha value is -2.12. The summed E-state index contributed by atoms with van der Waals surface area (Å²) in [5.41, 5.74) is 2.92. The number of hydrogen-bond donors (Lipinski definition) is 3. The molecule has 0 unspecified atom stereocenters. The molecule has 26 heavy (non-hydrogen) atoms. The number of fused-ring (bicyclic) bond motifs is 1. The minimum atomic E-state index is -5.52. The topological polar surface area (TPSA) is 125 Å². The van der Waals surface area contributed by atoms with Crippen molar-refractivity contribution in [3.8, 4) is 0 Å². The number of nitrogens with zero attached hydrogens (tertiary/aromatic N) is 2. The van der Waals surface area contributed by atoms with Gasteiger partial charge in [0.15, 0.2) is 5.84 Å². The first-order chi connectivity index (χ1) is 12.2. The van der Waals surface area contributed by atoms with Gasteiger partial charge in [-0.1, -0.05) is 29.8 Å². The molecule has 1 aliphatic heterocycles. The summed E-state index contributed by atoms with van der Waals surface area (Å²) in [6, 6.07) is 15.0. The molecular formula is C16H16ClMoN3O5. The number of aliphatic imine (C=N–C) groups is 1. The number of benzene rings is 2. The van der Waals surface area contributed by atoms with E-state index in [0.29, 0.717) is 16.6 Å². The average Bonchev–Trinajstić information content (AvgIpc) is 2.69. The first-order valence-corrected chi connectivity index (χ1v) is 11.1. The Bertz CT molecular complexity index is 951. The van der Waals surface area contributed by atoms with Gasteiger partial charge in [-0.05, 0) is 30.3 Å². The molecule has 10 heteroatoms. The van der Waals surface area contributed by atoms with E-state index in [9.17, 15) is 5.21 Å². The van der Waals surface area contributed by atoms with Crippen LogP contribution in [0.25, 0.3) is 0 Å². The Labute approximate surface area is 158 Å². The van der Waals surface area contributed by atoms with Crippen LogP contribution in [0.2, 0.25) is 5.02 Å². The molecule has 0 aliphatic carbocycles. The van der Waals surface area contributed by atoms with Crippen LogP contribution in [-0.2, 0) is 23.5 Å². The van der Waals surface area contributed by atoms with Crippen molar-refractivity contribution in [2.75, 3.05) is 13.6 Å². The summed E-state index contributed by atoms with van der Waals surface area (Å²) in [6.45, 7) is 0.174. The Morgan fingerprint density at radius 2 is 1.81 bits per heavy atom. The van der Waals surface area contributed by atoms with Gasteiger partial charge in [-0.3, -0.25) is 0 Å². The molecule has 0 radical (unpaired) electrons. The summed E-state index contributed by atoms with van der Waals surface area (Å²) in [4.78, 5) is 4.51. The molecule has 1 heterocycles. The van der Waals surface area contributed by atoms with Crippen LogP contribution in [0.3, 0.4) is 0 Å². The van der Waals surface area contributed by atoms with E-state index in [1.165, 1.54) is 0 Å². The molecule has 0 bridgehead atoms. The monoisotopic (exact) mass is 463 g/mol. The number of amidine groups is 1. The summed E-state index contributed by atoms with van der Waals surface area (Å²) in [6.07, 6.45) is 0. The zero-order valence-electron chi connectivity index (χ0n) is 13.6. The third-order valence-corrected chi connectivity index (χ3v) is 3.58. The standard InChI is InChI=1S/C16H14ClN3O.Mo.2H2O.2O/c1-18-15-10-20(21)16(11-5-3-2-4-6-11)13-9-12(17)7-8-14(13)19-15;;;;;/h2-9H,10H2,1H3,(H,18,19);;2*1H2;;/q;+2;;;;/p-2. The molecule has 0 atom stereocenters. The van der Waals surface area contributed by atoms with Crippen molar-refractivity contribution in [3.05, 3.63) is 69.9 Å². The van der Waals surface area contributed by atoms with Gasteiger partial charge in [-0.15, -0.1) is 0 Å². The maximum absolute atomic E-state index is 12.6. The first-order valence-electron chi connectivity index (χ1n) is 7.31. The van der Waals surface area contributed by atoms with Crippen molar-refractivity contribution >= 4 is 28.8 Å². The summed E-state index contributed by atoms with van der Waals surface area (Å²) < 4.78 is 33.0. The summed E-state index contributed by atoms with van der Waals surface area (Å²) in [7, 11) is 1.76. The molecule has 3 N–H and O–H groups in total. The predicted octanol–water partition coefficient (Wildman–Crippen LogP) is 1.60. The molecule has 2 aromatic carbocycles. The number of nitrogens with one attached hydrogen (secondary N) is 1. The Morgan fingerprint density at radius 3 is 2.38 bits per heavy atom. The molecule has 0 fully saturated rings.